The average Bonchev–Trinajstić information content (AvgIpc) is 2.80. The van der Waals surface area contributed by atoms with Crippen LogP contribution in [0.25, 0.3) is 10.9 Å². The standard InChI is InChI=1S/C25H32Cl2N6O2/c1-34-19-6-15(7-19)11-29-24(27)23(10-28)32-25-30-12-17-8-21(26)20(9-22(17)31-25)16-2-4-33(5-3-16)18-13-35-14-18/h8-10,12,15-16,18-19H,2-7,11,13-14,28H2,1H3,(H,30,31,32)/p+1/b23-10+,29-24?. The minimum absolute atomic E-state index is 0.337. The van der Waals surface area contributed by atoms with Gasteiger partial charge in [0.2, 0.25) is 0 Å². The van der Waals surface area contributed by atoms with Crippen molar-refractivity contribution in [1.82, 2.24) is 9.88 Å². The Morgan fingerprint density at radius 1 is 1.34 bits per heavy atom. The van der Waals surface area contributed by atoms with Crippen molar-refractivity contribution in [2.45, 2.75) is 43.7 Å². The fourth-order valence-electron chi connectivity index (χ4n) is 5.09. The largest absolute Gasteiger partial charge is 0.402 e. The zero-order chi connectivity index (χ0) is 24.4. The van der Waals surface area contributed by atoms with Crippen molar-refractivity contribution in [2.75, 3.05) is 45.3 Å². The van der Waals surface area contributed by atoms with E-state index >= 15 is 0 Å². The van der Waals surface area contributed by atoms with Gasteiger partial charge in [0, 0.05) is 30.3 Å². The number of aromatic amines is 1. The third-order valence-corrected chi connectivity index (χ3v) is 8.16. The minimum atomic E-state index is 0.337. The summed E-state index contributed by atoms with van der Waals surface area (Å²) in [5.41, 5.74) is 8.38. The predicted octanol–water partition coefficient (Wildman–Crippen LogP) is 3.55. The van der Waals surface area contributed by atoms with Gasteiger partial charge in [-0.15, -0.1) is 0 Å². The van der Waals surface area contributed by atoms with Crippen LogP contribution in [0.2, 0.25) is 5.02 Å². The number of hydrogen-bond donors (Lipinski definition) is 2. The van der Waals surface area contributed by atoms with Gasteiger partial charge in [-0.2, -0.15) is 0 Å². The van der Waals surface area contributed by atoms with Gasteiger partial charge in [0.1, 0.15) is 0 Å². The number of halogens is 2. The van der Waals surface area contributed by atoms with Gasteiger partial charge in [-0.05, 0) is 68.3 Å². The van der Waals surface area contributed by atoms with Crippen LogP contribution in [0, 0.1) is 5.92 Å². The average molecular weight is 520 g/mol. The smallest absolute Gasteiger partial charge is 0.394 e. The normalized spacial score (nSPS) is 24.9. The van der Waals surface area contributed by atoms with Crippen molar-refractivity contribution in [3.05, 3.63) is 40.8 Å². The van der Waals surface area contributed by atoms with Gasteiger partial charge in [-0.1, -0.05) is 28.2 Å². The maximum Gasteiger partial charge on any atom is 0.394 e. The lowest BCUT2D eigenvalue weighted by atomic mass is 9.82. The van der Waals surface area contributed by atoms with E-state index in [1.165, 1.54) is 6.20 Å². The summed E-state index contributed by atoms with van der Waals surface area (Å²) in [7, 11) is 1.74. The molecular weight excluding hydrogens is 487 g/mol. The van der Waals surface area contributed by atoms with Crippen LogP contribution in [0.15, 0.2) is 35.2 Å². The Kier molecular flexibility index (Phi) is 7.74. The fourth-order valence-corrected chi connectivity index (χ4v) is 5.60. The molecule has 3 aliphatic rings. The highest BCUT2D eigenvalue weighted by Crippen LogP contribution is 2.36. The molecule has 0 spiro atoms. The molecule has 188 valence electrons. The van der Waals surface area contributed by atoms with Crippen LogP contribution in [0.1, 0.15) is 37.2 Å². The molecule has 2 aliphatic heterocycles. The van der Waals surface area contributed by atoms with Crippen LogP contribution in [-0.2, 0) is 9.47 Å². The number of methoxy groups -OCH3 is 1. The highest BCUT2D eigenvalue weighted by Gasteiger charge is 2.31. The van der Waals surface area contributed by atoms with Gasteiger partial charge in [0.05, 0.1) is 31.6 Å². The predicted molar refractivity (Wildman–Crippen MR) is 139 cm³/mol. The first kappa shape index (κ1) is 24.7. The zero-order valence-electron chi connectivity index (χ0n) is 20.0. The SMILES string of the molecule is COC1CC(CN=C(Cl)/C(=C\N)Nc2nc3cc(C4CCN(C5COC5)CC4)c(Cl)cc3c[nH+]2)C1. The number of nitrogens with zero attached hydrogens (tertiary/aromatic N) is 3. The number of piperidine rings is 1. The summed E-state index contributed by atoms with van der Waals surface area (Å²) in [6.45, 7) is 4.53. The van der Waals surface area contributed by atoms with E-state index in [4.69, 9.17) is 43.4 Å². The first-order chi connectivity index (χ1) is 17.0. The molecule has 8 nitrogen and oxygen atoms in total. The van der Waals surface area contributed by atoms with Crippen LogP contribution in [-0.4, -0.2) is 67.2 Å². The van der Waals surface area contributed by atoms with Gasteiger partial charge < -0.3 is 15.2 Å². The summed E-state index contributed by atoms with van der Waals surface area (Å²) in [4.78, 5) is 15.0. The lowest BCUT2D eigenvalue weighted by Gasteiger charge is -2.41. The number of benzene rings is 1. The minimum Gasteiger partial charge on any atom is -0.402 e. The van der Waals surface area contributed by atoms with E-state index in [1.54, 1.807) is 7.11 Å². The number of nitrogens with two attached hydrogens (primary N) is 1. The summed E-state index contributed by atoms with van der Waals surface area (Å²) < 4.78 is 10.7. The maximum atomic E-state index is 6.70. The number of fused-ring (bicyclic) bond motifs is 1. The van der Waals surface area contributed by atoms with Crippen molar-refractivity contribution < 1.29 is 14.5 Å². The molecule has 0 atom stereocenters. The molecule has 1 aliphatic carbocycles. The van der Waals surface area contributed by atoms with Crippen molar-refractivity contribution in [3.63, 3.8) is 0 Å². The molecule has 0 radical (unpaired) electrons. The maximum absolute atomic E-state index is 6.70. The lowest BCUT2D eigenvalue weighted by Crippen LogP contribution is -2.51. The number of anilines is 1. The second-order valence-corrected chi connectivity index (χ2v) is 10.5. The van der Waals surface area contributed by atoms with Gasteiger partial charge >= 0.3 is 5.95 Å². The number of allylic oxidation sites excluding steroid dienone is 1. The summed E-state index contributed by atoms with van der Waals surface area (Å²) >= 11 is 13.1. The van der Waals surface area contributed by atoms with E-state index in [9.17, 15) is 0 Å². The third kappa shape index (κ3) is 5.57. The van der Waals surface area contributed by atoms with Crippen LogP contribution in [0.3, 0.4) is 0 Å². The van der Waals surface area contributed by atoms with E-state index < -0.39 is 0 Å². The molecule has 1 aromatic carbocycles. The molecule has 3 fully saturated rings. The Morgan fingerprint density at radius 2 is 2.11 bits per heavy atom. The van der Waals surface area contributed by atoms with E-state index in [0.29, 0.717) is 47.3 Å². The molecule has 2 saturated heterocycles. The van der Waals surface area contributed by atoms with Crippen LogP contribution in [0.4, 0.5) is 5.95 Å². The third-order valence-electron chi connectivity index (χ3n) is 7.50. The summed E-state index contributed by atoms with van der Waals surface area (Å²) in [5, 5.41) is 5.26. The van der Waals surface area contributed by atoms with Crippen molar-refractivity contribution in [3.8, 4) is 0 Å². The Bertz CT molecular complexity index is 1110. The Hall–Kier alpha value is -1.97. The molecule has 0 unspecified atom stereocenters. The van der Waals surface area contributed by atoms with Crippen LogP contribution >= 0.6 is 23.2 Å². The fraction of sp³-hybridized carbons (Fsp3) is 0.560. The zero-order valence-corrected chi connectivity index (χ0v) is 21.5. The lowest BCUT2D eigenvalue weighted by molar-refractivity contribution is -0.362. The molecule has 5 rings (SSSR count). The van der Waals surface area contributed by atoms with Gasteiger partial charge in [0.25, 0.3) is 0 Å². The van der Waals surface area contributed by atoms with E-state index in [1.807, 2.05) is 12.3 Å². The first-order valence-electron chi connectivity index (χ1n) is 12.3. The molecule has 3 heterocycles. The van der Waals surface area contributed by atoms with Gasteiger partial charge in [0.15, 0.2) is 16.4 Å². The number of aromatic nitrogens is 2. The molecule has 1 saturated carbocycles. The van der Waals surface area contributed by atoms with Gasteiger partial charge in [-0.25, -0.2) is 10.3 Å². The quantitative estimate of drug-likeness (QED) is 0.517. The summed E-state index contributed by atoms with van der Waals surface area (Å²) in [6, 6.07) is 4.70. The number of hydrogen-bond acceptors (Lipinski definition) is 7. The van der Waals surface area contributed by atoms with Crippen molar-refractivity contribution in [2.24, 2.45) is 16.6 Å². The Balaban J connectivity index is 1.26. The van der Waals surface area contributed by atoms with Gasteiger partial charge in [-0.3, -0.25) is 9.89 Å². The molecule has 0 bridgehead atoms. The summed E-state index contributed by atoms with van der Waals surface area (Å²) in [6.07, 6.45) is 7.84. The van der Waals surface area contributed by atoms with E-state index in [0.717, 1.165) is 73.5 Å². The van der Waals surface area contributed by atoms with E-state index in [2.05, 4.69) is 26.3 Å². The van der Waals surface area contributed by atoms with E-state index in [-0.39, 0.29) is 0 Å². The van der Waals surface area contributed by atoms with Crippen LogP contribution < -0.4 is 16.0 Å². The molecule has 0 amide bonds. The second-order valence-electron chi connectivity index (χ2n) is 9.72. The first-order valence-corrected chi connectivity index (χ1v) is 13.0. The van der Waals surface area contributed by atoms with Crippen molar-refractivity contribution in [1.29, 1.82) is 0 Å². The highest BCUT2D eigenvalue weighted by atomic mass is 35.5. The number of rotatable bonds is 8. The number of ether oxygens (including phenoxy) is 2. The molecular formula is C25H33Cl2N6O2+. The topological polar surface area (TPSA) is 99.1 Å². The number of aliphatic imine (C=N–C) groups is 1. The number of likely N-dealkylation sites (tertiary alicyclic amines) is 1. The molecule has 2 aromatic rings. The molecule has 1 aromatic heterocycles. The molecule has 4 N–H and O–H groups in total. The Labute approximate surface area is 215 Å². The number of H-pyrrole nitrogens is 1. The monoisotopic (exact) mass is 519 g/mol. The van der Waals surface area contributed by atoms with Crippen molar-refractivity contribution >= 4 is 45.2 Å². The molecule has 10 heteroatoms. The second kappa shape index (κ2) is 11.0. The number of nitrogens with one attached hydrogen (secondary N) is 2. The molecule has 35 heavy (non-hydrogen) atoms. The summed E-state index contributed by atoms with van der Waals surface area (Å²) in [5.74, 6) is 1.46. The highest BCUT2D eigenvalue weighted by molar-refractivity contribution is 6.69. The van der Waals surface area contributed by atoms with Crippen LogP contribution in [0.5, 0.6) is 0 Å². The Morgan fingerprint density at radius 3 is 2.77 bits per heavy atom.